The van der Waals surface area contributed by atoms with Crippen LogP contribution >= 0.6 is 0 Å². The van der Waals surface area contributed by atoms with E-state index in [0.717, 1.165) is 18.4 Å². The molecule has 0 aliphatic carbocycles. The fourth-order valence-corrected chi connectivity index (χ4v) is 2.30. The zero-order chi connectivity index (χ0) is 14.0. The second-order valence-corrected chi connectivity index (χ2v) is 5.55. The second-order valence-electron chi connectivity index (χ2n) is 3.56. The Bertz CT molecular complexity index is 552. The number of benzene rings is 1. The highest BCUT2D eigenvalue weighted by atomic mass is 32.2. The standard InChI is InChI=1S/C11H12F2O4S/c1-3-17-10(14)11(12,13)8-6-4-5-7-9(8)18(2,15)16/h4-7H,3H2,1-2H3. The third-order valence-corrected chi connectivity index (χ3v) is 3.31. The zero-order valence-electron chi connectivity index (χ0n) is 9.81. The summed E-state index contributed by atoms with van der Waals surface area (Å²) >= 11 is 0. The molecule has 0 N–H and O–H groups in total. The predicted octanol–water partition coefficient (Wildman–Crippen LogP) is 1.75. The topological polar surface area (TPSA) is 60.4 Å². The molecule has 0 spiro atoms. The normalized spacial score (nSPS) is 12.2. The first-order valence-electron chi connectivity index (χ1n) is 5.06. The first-order chi connectivity index (χ1) is 8.21. The average Bonchev–Trinajstić information content (AvgIpc) is 2.28. The number of rotatable bonds is 4. The van der Waals surface area contributed by atoms with Crippen molar-refractivity contribution in [1.82, 2.24) is 0 Å². The summed E-state index contributed by atoms with van der Waals surface area (Å²) in [5.41, 5.74) is -0.869. The highest BCUT2D eigenvalue weighted by molar-refractivity contribution is 7.90. The van der Waals surface area contributed by atoms with Crippen LogP contribution < -0.4 is 0 Å². The van der Waals surface area contributed by atoms with Crippen molar-refractivity contribution in [3.05, 3.63) is 29.8 Å². The molecule has 1 aromatic carbocycles. The Kier molecular flexibility index (Phi) is 4.05. The van der Waals surface area contributed by atoms with E-state index in [2.05, 4.69) is 4.74 Å². The van der Waals surface area contributed by atoms with Crippen LogP contribution in [0.3, 0.4) is 0 Å². The largest absolute Gasteiger partial charge is 0.461 e. The molecule has 0 unspecified atom stereocenters. The molecule has 0 atom stereocenters. The van der Waals surface area contributed by atoms with Gasteiger partial charge in [-0.1, -0.05) is 18.2 Å². The van der Waals surface area contributed by atoms with Crippen LogP contribution in [0.2, 0.25) is 0 Å². The van der Waals surface area contributed by atoms with Gasteiger partial charge in [0.1, 0.15) is 0 Å². The minimum atomic E-state index is -3.99. The van der Waals surface area contributed by atoms with Crippen molar-refractivity contribution >= 4 is 15.8 Å². The fraction of sp³-hybridized carbons (Fsp3) is 0.364. The summed E-state index contributed by atoms with van der Waals surface area (Å²) < 4.78 is 54.6. The van der Waals surface area contributed by atoms with E-state index >= 15 is 0 Å². The van der Waals surface area contributed by atoms with Crippen LogP contribution in [-0.2, 0) is 25.3 Å². The molecule has 1 aromatic rings. The van der Waals surface area contributed by atoms with Crippen molar-refractivity contribution < 1.29 is 26.7 Å². The van der Waals surface area contributed by atoms with E-state index in [1.54, 1.807) is 0 Å². The third kappa shape index (κ3) is 2.84. The van der Waals surface area contributed by atoms with Gasteiger partial charge >= 0.3 is 11.9 Å². The van der Waals surface area contributed by atoms with E-state index in [1.807, 2.05) is 0 Å². The van der Waals surface area contributed by atoms with Gasteiger partial charge in [0, 0.05) is 6.26 Å². The van der Waals surface area contributed by atoms with Crippen LogP contribution in [0.5, 0.6) is 0 Å². The van der Waals surface area contributed by atoms with Gasteiger partial charge in [-0.3, -0.25) is 0 Å². The van der Waals surface area contributed by atoms with E-state index < -0.39 is 32.2 Å². The molecule has 0 fully saturated rings. The van der Waals surface area contributed by atoms with Gasteiger partial charge in [0.15, 0.2) is 9.84 Å². The molecule has 0 saturated heterocycles. The molecule has 0 saturated carbocycles. The number of esters is 1. The number of sulfone groups is 1. The first kappa shape index (κ1) is 14.6. The molecule has 18 heavy (non-hydrogen) atoms. The maximum Gasteiger partial charge on any atom is 0.382 e. The fourth-order valence-electron chi connectivity index (χ4n) is 1.38. The molecule has 7 heteroatoms. The number of carbonyl (C=O) groups is 1. The van der Waals surface area contributed by atoms with Gasteiger partial charge in [-0.25, -0.2) is 13.2 Å². The van der Waals surface area contributed by atoms with Crippen LogP contribution in [0.15, 0.2) is 29.2 Å². The minimum absolute atomic E-state index is 0.213. The van der Waals surface area contributed by atoms with E-state index in [0.29, 0.717) is 0 Å². The number of carbonyl (C=O) groups excluding carboxylic acids is 1. The third-order valence-electron chi connectivity index (χ3n) is 2.16. The molecule has 0 bridgehead atoms. The second kappa shape index (κ2) is 5.01. The Morgan fingerprint density at radius 1 is 1.33 bits per heavy atom. The van der Waals surface area contributed by atoms with Gasteiger partial charge in [0.05, 0.1) is 17.1 Å². The highest BCUT2D eigenvalue weighted by Gasteiger charge is 2.45. The van der Waals surface area contributed by atoms with E-state index in [-0.39, 0.29) is 6.61 Å². The molecule has 0 heterocycles. The molecule has 0 aliphatic rings. The van der Waals surface area contributed by atoms with Gasteiger partial charge in [-0.05, 0) is 13.0 Å². The number of hydrogen-bond acceptors (Lipinski definition) is 4. The summed E-state index contributed by atoms with van der Waals surface area (Å²) in [6.07, 6.45) is 0.799. The smallest absolute Gasteiger partial charge is 0.382 e. The van der Waals surface area contributed by atoms with Crippen molar-refractivity contribution in [3.63, 3.8) is 0 Å². The van der Waals surface area contributed by atoms with Crippen LogP contribution in [0.25, 0.3) is 0 Å². The summed E-state index contributed by atoms with van der Waals surface area (Å²) in [7, 11) is -3.85. The maximum absolute atomic E-state index is 13.8. The summed E-state index contributed by atoms with van der Waals surface area (Å²) in [6, 6.07) is 4.46. The Hall–Kier alpha value is -1.50. The van der Waals surface area contributed by atoms with E-state index in [4.69, 9.17) is 0 Å². The minimum Gasteiger partial charge on any atom is -0.461 e. The Morgan fingerprint density at radius 2 is 1.89 bits per heavy atom. The van der Waals surface area contributed by atoms with Gasteiger partial charge < -0.3 is 4.74 Å². The highest BCUT2D eigenvalue weighted by Crippen LogP contribution is 2.34. The quantitative estimate of drug-likeness (QED) is 0.787. The summed E-state index contributed by atoms with van der Waals surface area (Å²) in [4.78, 5) is 10.6. The molecule has 0 amide bonds. The summed E-state index contributed by atoms with van der Waals surface area (Å²) in [5.74, 6) is -5.75. The summed E-state index contributed by atoms with van der Waals surface area (Å²) in [5, 5.41) is 0. The van der Waals surface area contributed by atoms with Crippen molar-refractivity contribution in [3.8, 4) is 0 Å². The van der Waals surface area contributed by atoms with Crippen molar-refractivity contribution in [1.29, 1.82) is 0 Å². The van der Waals surface area contributed by atoms with Crippen LogP contribution in [0, 0.1) is 0 Å². The monoisotopic (exact) mass is 278 g/mol. The lowest BCUT2D eigenvalue weighted by Gasteiger charge is -2.17. The molecule has 100 valence electrons. The van der Waals surface area contributed by atoms with Crippen LogP contribution in [-0.4, -0.2) is 27.2 Å². The lowest BCUT2D eigenvalue weighted by molar-refractivity contribution is -0.173. The number of alkyl halides is 2. The molecule has 1 rings (SSSR count). The average molecular weight is 278 g/mol. The number of ether oxygens (including phenoxy) is 1. The number of hydrogen-bond donors (Lipinski definition) is 0. The molecular weight excluding hydrogens is 266 g/mol. The molecule has 0 aromatic heterocycles. The van der Waals surface area contributed by atoms with Crippen molar-refractivity contribution in [2.45, 2.75) is 17.7 Å². The maximum atomic E-state index is 13.8. The van der Waals surface area contributed by atoms with E-state index in [9.17, 15) is 22.0 Å². The van der Waals surface area contributed by atoms with Gasteiger partial charge in [-0.15, -0.1) is 0 Å². The molecule has 4 nitrogen and oxygen atoms in total. The van der Waals surface area contributed by atoms with Crippen molar-refractivity contribution in [2.24, 2.45) is 0 Å². The van der Waals surface area contributed by atoms with Gasteiger partial charge in [0.2, 0.25) is 0 Å². The lowest BCUT2D eigenvalue weighted by atomic mass is 10.1. The lowest BCUT2D eigenvalue weighted by Crippen LogP contribution is -2.30. The zero-order valence-corrected chi connectivity index (χ0v) is 10.6. The molecular formula is C11H12F2O4S. The van der Waals surface area contributed by atoms with Crippen molar-refractivity contribution in [2.75, 3.05) is 12.9 Å². The van der Waals surface area contributed by atoms with E-state index in [1.165, 1.54) is 19.1 Å². The summed E-state index contributed by atoms with van der Waals surface area (Å²) in [6.45, 7) is 1.17. The SMILES string of the molecule is CCOC(=O)C(F)(F)c1ccccc1S(C)(=O)=O. The molecule has 0 radical (unpaired) electrons. The van der Waals surface area contributed by atoms with Crippen LogP contribution in [0.4, 0.5) is 8.78 Å². The number of halogens is 2. The first-order valence-corrected chi connectivity index (χ1v) is 6.95. The predicted molar refractivity (Wildman–Crippen MR) is 60.1 cm³/mol. The Morgan fingerprint density at radius 3 is 2.39 bits per heavy atom. The van der Waals surface area contributed by atoms with Gasteiger partial charge in [0.25, 0.3) is 0 Å². The molecule has 0 aliphatic heterocycles. The van der Waals surface area contributed by atoms with Crippen LogP contribution in [0.1, 0.15) is 12.5 Å². The van der Waals surface area contributed by atoms with Gasteiger partial charge in [-0.2, -0.15) is 8.78 Å². The Labute approximate surface area is 103 Å². The Balaban J connectivity index is 3.38.